The van der Waals surface area contributed by atoms with Gasteiger partial charge in [0, 0.05) is 10.0 Å². The summed E-state index contributed by atoms with van der Waals surface area (Å²) in [6.07, 6.45) is 0. The Morgan fingerprint density at radius 3 is 2.20 bits per heavy atom. The van der Waals surface area contributed by atoms with Gasteiger partial charge in [0.2, 0.25) is 0 Å². The minimum absolute atomic E-state index is 0.0739. The SMILES string of the molecule is Cc1ccc(C(=O)Nc2c(C)cc(C)cc2Br)c(C)c1. The van der Waals surface area contributed by atoms with Crippen molar-refractivity contribution in [3.63, 3.8) is 0 Å². The Labute approximate surface area is 128 Å². The lowest BCUT2D eigenvalue weighted by molar-refractivity contribution is 0.102. The molecule has 0 unspecified atom stereocenters. The molecule has 0 heterocycles. The van der Waals surface area contributed by atoms with Crippen LogP contribution < -0.4 is 5.32 Å². The molecule has 2 aromatic rings. The van der Waals surface area contributed by atoms with E-state index in [-0.39, 0.29) is 5.91 Å². The minimum atomic E-state index is -0.0739. The molecule has 0 aromatic heterocycles. The highest BCUT2D eigenvalue weighted by atomic mass is 79.9. The summed E-state index contributed by atoms with van der Waals surface area (Å²) in [7, 11) is 0. The molecule has 0 radical (unpaired) electrons. The van der Waals surface area contributed by atoms with Crippen molar-refractivity contribution in [3.05, 3.63) is 62.6 Å². The molecular weight excluding hydrogens is 314 g/mol. The number of halogens is 1. The maximum Gasteiger partial charge on any atom is 0.255 e. The minimum Gasteiger partial charge on any atom is -0.321 e. The van der Waals surface area contributed by atoms with Gasteiger partial charge in [0.1, 0.15) is 0 Å². The normalized spacial score (nSPS) is 10.4. The zero-order valence-electron chi connectivity index (χ0n) is 12.2. The van der Waals surface area contributed by atoms with Crippen LogP contribution in [-0.4, -0.2) is 5.91 Å². The van der Waals surface area contributed by atoms with Crippen molar-refractivity contribution in [1.29, 1.82) is 0 Å². The topological polar surface area (TPSA) is 29.1 Å². The smallest absolute Gasteiger partial charge is 0.255 e. The van der Waals surface area contributed by atoms with E-state index in [4.69, 9.17) is 0 Å². The molecule has 20 heavy (non-hydrogen) atoms. The summed E-state index contributed by atoms with van der Waals surface area (Å²) in [6, 6.07) is 9.91. The van der Waals surface area contributed by atoms with Crippen LogP contribution >= 0.6 is 15.9 Å². The second-order valence-electron chi connectivity index (χ2n) is 5.21. The fourth-order valence-corrected chi connectivity index (χ4v) is 3.10. The summed E-state index contributed by atoms with van der Waals surface area (Å²) in [5.41, 5.74) is 5.91. The highest BCUT2D eigenvalue weighted by Gasteiger charge is 2.12. The standard InChI is InChI=1S/C17H18BrNO/c1-10-5-6-14(12(3)7-10)17(20)19-16-13(4)8-11(2)9-15(16)18/h5-9H,1-4H3,(H,19,20). The Morgan fingerprint density at radius 1 is 0.950 bits per heavy atom. The van der Waals surface area contributed by atoms with Gasteiger partial charge in [-0.25, -0.2) is 0 Å². The van der Waals surface area contributed by atoms with E-state index >= 15 is 0 Å². The Balaban J connectivity index is 2.33. The summed E-state index contributed by atoms with van der Waals surface area (Å²) in [5.74, 6) is -0.0739. The molecule has 2 aromatic carbocycles. The molecule has 0 fully saturated rings. The van der Waals surface area contributed by atoms with Crippen molar-refractivity contribution in [2.45, 2.75) is 27.7 Å². The molecule has 0 spiro atoms. The first kappa shape index (κ1) is 14.8. The van der Waals surface area contributed by atoms with Gasteiger partial charge in [-0.2, -0.15) is 0 Å². The van der Waals surface area contributed by atoms with Crippen LogP contribution in [0.1, 0.15) is 32.6 Å². The maximum absolute atomic E-state index is 12.4. The van der Waals surface area contributed by atoms with Gasteiger partial charge in [-0.05, 0) is 72.4 Å². The molecule has 0 aliphatic rings. The van der Waals surface area contributed by atoms with Crippen molar-refractivity contribution < 1.29 is 4.79 Å². The van der Waals surface area contributed by atoms with Gasteiger partial charge in [0.05, 0.1) is 5.69 Å². The van der Waals surface area contributed by atoms with E-state index in [2.05, 4.69) is 27.3 Å². The highest BCUT2D eigenvalue weighted by Crippen LogP contribution is 2.28. The molecule has 0 aliphatic carbocycles. The number of nitrogens with one attached hydrogen (secondary N) is 1. The summed E-state index contributed by atoms with van der Waals surface area (Å²) >= 11 is 3.51. The monoisotopic (exact) mass is 331 g/mol. The van der Waals surface area contributed by atoms with Gasteiger partial charge in [0.25, 0.3) is 5.91 Å². The van der Waals surface area contributed by atoms with Gasteiger partial charge in [-0.1, -0.05) is 23.8 Å². The molecule has 2 rings (SSSR count). The lowest BCUT2D eigenvalue weighted by atomic mass is 10.0. The predicted molar refractivity (Wildman–Crippen MR) is 87.5 cm³/mol. The first-order valence-electron chi connectivity index (χ1n) is 6.54. The average molecular weight is 332 g/mol. The third kappa shape index (κ3) is 3.10. The predicted octanol–water partition coefficient (Wildman–Crippen LogP) is 4.94. The van der Waals surface area contributed by atoms with E-state index in [1.54, 1.807) is 0 Å². The van der Waals surface area contributed by atoms with Crippen molar-refractivity contribution >= 4 is 27.5 Å². The Kier molecular flexibility index (Phi) is 4.29. The molecule has 2 nitrogen and oxygen atoms in total. The molecule has 0 bridgehead atoms. The van der Waals surface area contributed by atoms with Crippen LogP contribution in [0.3, 0.4) is 0 Å². The second-order valence-corrected chi connectivity index (χ2v) is 6.07. The highest BCUT2D eigenvalue weighted by molar-refractivity contribution is 9.10. The number of rotatable bonds is 2. The molecule has 1 N–H and O–H groups in total. The zero-order chi connectivity index (χ0) is 14.9. The number of carbonyl (C=O) groups is 1. The van der Waals surface area contributed by atoms with Crippen molar-refractivity contribution in [3.8, 4) is 0 Å². The fraction of sp³-hybridized carbons (Fsp3) is 0.235. The molecular formula is C17H18BrNO. The van der Waals surface area contributed by atoms with E-state index in [0.717, 1.165) is 26.9 Å². The first-order valence-corrected chi connectivity index (χ1v) is 7.33. The Morgan fingerprint density at radius 2 is 1.60 bits per heavy atom. The second kappa shape index (κ2) is 5.80. The lowest BCUT2D eigenvalue weighted by Gasteiger charge is -2.13. The summed E-state index contributed by atoms with van der Waals surface area (Å²) in [4.78, 5) is 12.4. The number of anilines is 1. The largest absolute Gasteiger partial charge is 0.321 e. The molecule has 3 heteroatoms. The average Bonchev–Trinajstić information content (AvgIpc) is 2.33. The van der Waals surface area contributed by atoms with Crippen molar-refractivity contribution in [2.24, 2.45) is 0 Å². The summed E-state index contributed by atoms with van der Waals surface area (Å²) in [5, 5.41) is 3.00. The molecule has 0 saturated heterocycles. The van der Waals surface area contributed by atoms with Crippen LogP contribution in [0, 0.1) is 27.7 Å². The summed E-state index contributed by atoms with van der Waals surface area (Å²) < 4.78 is 0.910. The van der Waals surface area contributed by atoms with Gasteiger partial charge in [-0.15, -0.1) is 0 Å². The Bertz CT molecular complexity index is 654. The van der Waals surface area contributed by atoms with E-state index < -0.39 is 0 Å². The number of aryl methyl sites for hydroxylation is 4. The maximum atomic E-state index is 12.4. The van der Waals surface area contributed by atoms with Crippen molar-refractivity contribution in [1.82, 2.24) is 0 Å². The van der Waals surface area contributed by atoms with Gasteiger partial charge < -0.3 is 5.32 Å². The Hall–Kier alpha value is -1.61. The molecule has 0 aliphatic heterocycles. The van der Waals surface area contributed by atoms with Gasteiger partial charge >= 0.3 is 0 Å². The summed E-state index contributed by atoms with van der Waals surface area (Å²) in [6.45, 7) is 8.01. The fourth-order valence-electron chi connectivity index (χ4n) is 2.32. The third-order valence-corrected chi connectivity index (χ3v) is 3.92. The van der Waals surface area contributed by atoms with Gasteiger partial charge in [0.15, 0.2) is 0 Å². The van der Waals surface area contributed by atoms with E-state index in [9.17, 15) is 4.79 Å². The number of benzene rings is 2. The first-order chi connectivity index (χ1) is 9.38. The molecule has 1 amide bonds. The zero-order valence-corrected chi connectivity index (χ0v) is 13.8. The quantitative estimate of drug-likeness (QED) is 0.830. The number of hydrogen-bond acceptors (Lipinski definition) is 1. The lowest BCUT2D eigenvalue weighted by Crippen LogP contribution is -2.14. The van der Waals surface area contributed by atoms with Crippen LogP contribution in [0.5, 0.6) is 0 Å². The molecule has 0 atom stereocenters. The number of hydrogen-bond donors (Lipinski definition) is 1. The van der Waals surface area contributed by atoms with Crippen LogP contribution in [0.2, 0.25) is 0 Å². The van der Waals surface area contributed by atoms with Crippen LogP contribution in [-0.2, 0) is 0 Å². The number of carbonyl (C=O) groups excluding carboxylic acids is 1. The van der Waals surface area contributed by atoms with Crippen molar-refractivity contribution in [2.75, 3.05) is 5.32 Å². The van der Waals surface area contributed by atoms with Crippen LogP contribution in [0.4, 0.5) is 5.69 Å². The molecule has 0 saturated carbocycles. The van der Waals surface area contributed by atoms with E-state index in [1.165, 1.54) is 5.56 Å². The van der Waals surface area contributed by atoms with Gasteiger partial charge in [-0.3, -0.25) is 4.79 Å². The van der Waals surface area contributed by atoms with Crippen LogP contribution in [0.25, 0.3) is 0 Å². The van der Waals surface area contributed by atoms with Crippen LogP contribution in [0.15, 0.2) is 34.8 Å². The third-order valence-electron chi connectivity index (χ3n) is 3.30. The van der Waals surface area contributed by atoms with E-state index in [1.807, 2.05) is 52.0 Å². The number of amides is 1. The van der Waals surface area contributed by atoms with E-state index in [0.29, 0.717) is 5.56 Å². The molecule has 104 valence electrons.